The van der Waals surface area contributed by atoms with E-state index in [1.165, 1.54) is 6.42 Å². The third-order valence-electron chi connectivity index (χ3n) is 3.92. The van der Waals surface area contributed by atoms with Gasteiger partial charge < -0.3 is 5.32 Å². The molecule has 1 atom stereocenters. The zero-order valence-corrected chi connectivity index (χ0v) is 8.86. The molecule has 4 nitrogen and oxygen atoms in total. The average Bonchev–Trinajstić information content (AvgIpc) is 2.67. The van der Waals surface area contributed by atoms with Crippen LogP contribution < -0.4 is 5.32 Å². The van der Waals surface area contributed by atoms with Gasteiger partial charge in [0, 0.05) is 25.7 Å². The van der Waals surface area contributed by atoms with Crippen LogP contribution in [0.5, 0.6) is 0 Å². The Kier molecular flexibility index (Phi) is 1.69. The molecule has 1 aromatic heterocycles. The highest BCUT2D eigenvalue weighted by atomic mass is 16.2. The van der Waals surface area contributed by atoms with Crippen LogP contribution in [0.3, 0.4) is 0 Å². The van der Waals surface area contributed by atoms with Crippen molar-refractivity contribution in [3.05, 3.63) is 18.0 Å². The van der Waals surface area contributed by atoms with Gasteiger partial charge in [0.05, 0.1) is 11.1 Å². The quantitative estimate of drug-likeness (QED) is 0.737. The average molecular weight is 205 g/mol. The second-order valence-corrected chi connectivity index (χ2v) is 4.69. The van der Waals surface area contributed by atoms with Gasteiger partial charge in [0.15, 0.2) is 0 Å². The predicted octanol–water partition coefficient (Wildman–Crippen LogP) is 0.804. The van der Waals surface area contributed by atoms with Gasteiger partial charge in [-0.2, -0.15) is 5.10 Å². The summed E-state index contributed by atoms with van der Waals surface area (Å²) in [6.45, 7) is 0.760. The Morgan fingerprint density at radius 3 is 2.93 bits per heavy atom. The van der Waals surface area contributed by atoms with Gasteiger partial charge in [0.25, 0.3) is 0 Å². The summed E-state index contributed by atoms with van der Waals surface area (Å²) in [6, 6.07) is 2.03. The molecule has 0 unspecified atom stereocenters. The first-order valence-corrected chi connectivity index (χ1v) is 5.50. The standard InChI is InChI=1S/C11H15N3O/c1-14-6-3-9(13-14)8-7-12-10(15)11(8)4-2-5-11/h3,6,8H,2,4-5,7H2,1H3,(H,12,15)/t8-/m1/s1. The number of rotatable bonds is 1. The highest BCUT2D eigenvalue weighted by Crippen LogP contribution is 2.53. The topological polar surface area (TPSA) is 46.9 Å². The van der Waals surface area contributed by atoms with Crippen LogP contribution in [0, 0.1) is 5.41 Å². The molecule has 1 saturated carbocycles. The number of nitrogens with one attached hydrogen (secondary N) is 1. The number of hydrogen-bond acceptors (Lipinski definition) is 2. The van der Waals surface area contributed by atoms with Crippen LogP contribution in [-0.2, 0) is 11.8 Å². The second kappa shape index (κ2) is 2.84. The Balaban J connectivity index is 1.96. The maximum absolute atomic E-state index is 11.8. The minimum Gasteiger partial charge on any atom is -0.355 e. The summed E-state index contributed by atoms with van der Waals surface area (Å²) in [5, 5.41) is 7.41. The minimum absolute atomic E-state index is 0.117. The maximum Gasteiger partial charge on any atom is 0.226 e. The van der Waals surface area contributed by atoms with Crippen molar-refractivity contribution in [2.75, 3.05) is 6.54 Å². The largest absolute Gasteiger partial charge is 0.355 e. The zero-order chi connectivity index (χ0) is 10.5. The van der Waals surface area contributed by atoms with Gasteiger partial charge in [0.1, 0.15) is 0 Å². The van der Waals surface area contributed by atoms with Crippen molar-refractivity contribution in [3.63, 3.8) is 0 Å². The second-order valence-electron chi connectivity index (χ2n) is 4.69. The van der Waals surface area contributed by atoms with E-state index in [1.54, 1.807) is 0 Å². The van der Waals surface area contributed by atoms with Crippen molar-refractivity contribution in [1.82, 2.24) is 15.1 Å². The van der Waals surface area contributed by atoms with E-state index in [9.17, 15) is 4.79 Å². The lowest BCUT2D eigenvalue weighted by Gasteiger charge is -2.39. The van der Waals surface area contributed by atoms with Crippen molar-refractivity contribution < 1.29 is 4.79 Å². The molecule has 1 aromatic rings. The van der Waals surface area contributed by atoms with Crippen molar-refractivity contribution in [2.24, 2.45) is 12.5 Å². The summed E-state index contributed by atoms with van der Waals surface area (Å²) < 4.78 is 1.81. The Hall–Kier alpha value is -1.32. The summed E-state index contributed by atoms with van der Waals surface area (Å²) in [5.41, 5.74) is 0.949. The van der Waals surface area contributed by atoms with Crippen LogP contribution in [0.2, 0.25) is 0 Å². The van der Waals surface area contributed by atoms with Crippen LogP contribution in [0.1, 0.15) is 30.9 Å². The molecule has 1 amide bonds. The molecule has 0 radical (unpaired) electrons. The lowest BCUT2D eigenvalue weighted by Crippen LogP contribution is -2.40. The van der Waals surface area contributed by atoms with Gasteiger partial charge in [-0.25, -0.2) is 0 Å². The van der Waals surface area contributed by atoms with Crippen molar-refractivity contribution in [1.29, 1.82) is 0 Å². The van der Waals surface area contributed by atoms with Gasteiger partial charge in [-0.15, -0.1) is 0 Å². The SMILES string of the molecule is Cn1ccc([C@H]2CNC(=O)C23CCC3)n1. The van der Waals surface area contributed by atoms with E-state index in [-0.39, 0.29) is 11.3 Å². The molecule has 4 heteroatoms. The molecule has 1 saturated heterocycles. The van der Waals surface area contributed by atoms with E-state index < -0.39 is 0 Å². The maximum atomic E-state index is 11.8. The van der Waals surface area contributed by atoms with Gasteiger partial charge in [-0.05, 0) is 18.9 Å². The van der Waals surface area contributed by atoms with Gasteiger partial charge in [-0.1, -0.05) is 6.42 Å². The lowest BCUT2D eigenvalue weighted by molar-refractivity contribution is -0.132. The normalized spacial score (nSPS) is 27.8. The molecule has 1 N–H and O–H groups in total. The Morgan fingerprint density at radius 1 is 1.60 bits per heavy atom. The van der Waals surface area contributed by atoms with Crippen molar-refractivity contribution in [3.8, 4) is 0 Å². The molecule has 1 aliphatic heterocycles. The summed E-state index contributed by atoms with van der Waals surface area (Å²) in [5.74, 6) is 0.532. The third kappa shape index (κ3) is 1.07. The van der Waals surface area contributed by atoms with Crippen molar-refractivity contribution in [2.45, 2.75) is 25.2 Å². The number of aryl methyl sites for hydroxylation is 1. The Labute approximate surface area is 88.7 Å². The van der Waals surface area contributed by atoms with E-state index in [1.807, 2.05) is 24.0 Å². The molecule has 0 bridgehead atoms. The van der Waals surface area contributed by atoms with E-state index >= 15 is 0 Å². The van der Waals surface area contributed by atoms with Crippen LogP contribution in [0.15, 0.2) is 12.3 Å². The van der Waals surface area contributed by atoms with Crippen LogP contribution >= 0.6 is 0 Å². The molecule has 2 heterocycles. The Bertz CT molecular complexity index is 406. The smallest absolute Gasteiger partial charge is 0.226 e. The Morgan fingerprint density at radius 2 is 2.40 bits per heavy atom. The molecule has 2 fully saturated rings. The molecule has 1 spiro atoms. The number of carbonyl (C=O) groups is 1. The first kappa shape index (κ1) is 8.95. The van der Waals surface area contributed by atoms with Gasteiger partial charge in [-0.3, -0.25) is 9.48 Å². The molecule has 0 aromatic carbocycles. The summed E-state index contributed by atoms with van der Waals surface area (Å²) >= 11 is 0. The van der Waals surface area contributed by atoms with E-state index in [0.29, 0.717) is 5.92 Å². The molecule has 2 aliphatic rings. The minimum atomic E-state index is -0.117. The summed E-state index contributed by atoms with van der Waals surface area (Å²) in [7, 11) is 1.92. The summed E-state index contributed by atoms with van der Waals surface area (Å²) in [6.07, 6.45) is 5.18. The number of aromatic nitrogens is 2. The van der Waals surface area contributed by atoms with E-state index in [0.717, 1.165) is 25.1 Å². The third-order valence-corrected chi connectivity index (χ3v) is 3.92. The van der Waals surface area contributed by atoms with Crippen molar-refractivity contribution >= 4 is 5.91 Å². The monoisotopic (exact) mass is 205 g/mol. The fourth-order valence-corrected chi connectivity index (χ4v) is 2.86. The fraction of sp³-hybridized carbons (Fsp3) is 0.636. The molecular formula is C11H15N3O. The van der Waals surface area contributed by atoms with E-state index in [2.05, 4.69) is 10.4 Å². The number of nitrogens with zero attached hydrogens (tertiary/aromatic N) is 2. The fourth-order valence-electron chi connectivity index (χ4n) is 2.86. The highest BCUT2D eigenvalue weighted by molar-refractivity contribution is 5.87. The molecule has 15 heavy (non-hydrogen) atoms. The van der Waals surface area contributed by atoms with Crippen LogP contribution in [0.25, 0.3) is 0 Å². The van der Waals surface area contributed by atoms with Crippen LogP contribution in [-0.4, -0.2) is 22.2 Å². The first-order chi connectivity index (χ1) is 7.22. The molecule has 1 aliphatic carbocycles. The number of hydrogen-bond donors (Lipinski definition) is 1. The zero-order valence-electron chi connectivity index (χ0n) is 8.86. The predicted molar refractivity (Wildman–Crippen MR) is 55.2 cm³/mol. The van der Waals surface area contributed by atoms with Gasteiger partial charge in [0.2, 0.25) is 5.91 Å². The van der Waals surface area contributed by atoms with E-state index in [4.69, 9.17) is 0 Å². The highest BCUT2D eigenvalue weighted by Gasteiger charge is 2.55. The molecule has 80 valence electrons. The number of carbonyl (C=O) groups excluding carboxylic acids is 1. The van der Waals surface area contributed by atoms with Gasteiger partial charge >= 0.3 is 0 Å². The number of amides is 1. The molecular weight excluding hydrogens is 190 g/mol. The first-order valence-electron chi connectivity index (χ1n) is 5.50. The summed E-state index contributed by atoms with van der Waals surface area (Å²) in [4.78, 5) is 11.8. The van der Waals surface area contributed by atoms with Crippen LogP contribution in [0.4, 0.5) is 0 Å². The lowest BCUT2D eigenvalue weighted by atomic mass is 9.61. The molecule has 3 rings (SSSR count).